The molecule has 0 aliphatic carbocycles. The molecule has 0 spiro atoms. The van der Waals surface area contributed by atoms with Crippen LogP contribution in [0.5, 0.6) is 11.5 Å². The molecule has 0 aliphatic heterocycles. The molecular weight excluding hydrogens is 587 g/mol. The maximum Gasteiger partial charge on any atom is 0.282 e. The predicted octanol–water partition coefficient (Wildman–Crippen LogP) is 6.90. The molecule has 1 amide bonds. The van der Waals surface area contributed by atoms with E-state index in [1.165, 1.54) is 29.1 Å². The van der Waals surface area contributed by atoms with E-state index < -0.39 is 11.7 Å². The minimum absolute atomic E-state index is 0.214. The van der Waals surface area contributed by atoms with E-state index in [2.05, 4.69) is 10.4 Å². The van der Waals surface area contributed by atoms with Gasteiger partial charge in [0.15, 0.2) is 23.9 Å². The average molecular weight is 611 g/mol. The fourth-order valence-corrected chi connectivity index (χ4v) is 4.72. The van der Waals surface area contributed by atoms with Crippen LogP contribution >= 0.6 is 11.6 Å². The van der Waals surface area contributed by atoms with Crippen LogP contribution in [0.25, 0.3) is 33.5 Å². The highest BCUT2D eigenvalue weighted by atomic mass is 35.5. The second-order valence-electron chi connectivity index (χ2n) is 9.59. The quantitative estimate of drug-likeness (QED) is 0.178. The summed E-state index contributed by atoms with van der Waals surface area (Å²) in [5.74, 6) is 0.324. The van der Waals surface area contributed by atoms with Crippen molar-refractivity contribution in [1.29, 1.82) is 0 Å². The summed E-state index contributed by atoms with van der Waals surface area (Å²) in [6.45, 7) is 1.82. The minimum atomic E-state index is -0.466. The van der Waals surface area contributed by atoms with Gasteiger partial charge < -0.3 is 19.2 Å². The van der Waals surface area contributed by atoms with Crippen LogP contribution in [-0.4, -0.2) is 35.0 Å². The number of hydrogen-bond donors (Lipinski definition) is 1. The first kappa shape index (κ1) is 28.6. The van der Waals surface area contributed by atoms with E-state index in [-0.39, 0.29) is 18.0 Å². The second kappa shape index (κ2) is 12.4. The summed E-state index contributed by atoms with van der Waals surface area (Å²) in [6, 6.07) is 24.6. The van der Waals surface area contributed by atoms with E-state index in [1.807, 2.05) is 6.92 Å². The lowest BCUT2D eigenvalue weighted by Crippen LogP contribution is -2.20. The summed E-state index contributed by atoms with van der Waals surface area (Å²) in [4.78, 5) is 30.6. The van der Waals surface area contributed by atoms with E-state index in [9.17, 15) is 14.0 Å². The fourth-order valence-electron chi connectivity index (χ4n) is 4.54. The molecule has 2 aromatic heterocycles. The van der Waals surface area contributed by atoms with Crippen LogP contribution in [0, 0.1) is 5.82 Å². The molecule has 0 aliphatic rings. The van der Waals surface area contributed by atoms with Crippen LogP contribution in [0.1, 0.15) is 12.5 Å². The van der Waals surface area contributed by atoms with E-state index in [4.69, 9.17) is 30.5 Å². The number of carbonyl (C=O) groups is 1. The molecule has 6 aromatic rings. The number of rotatable bonds is 9. The molecule has 0 saturated heterocycles. The number of amides is 1. The van der Waals surface area contributed by atoms with E-state index in [0.717, 1.165) is 5.39 Å². The van der Waals surface area contributed by atoms with Gasteiger partial charge in [0.05, 0.1) is 23.7 Å². The number of nitrogens with zero attached hydrogens (tertiary/aromatic N) is 3. The van der Waals surface area contributed by atoms with Crippen molar-refractivity contribution in [2.75, 3.05) is 18.5 Å². The van der Waals surface area contributed by atoms with E-state index >= 15 is 0 Å². The third-order valence-corrected chi connectivity index (χ3v) is 6.74. The van der Waals surface area contributed by atoms with Gasteiger partial charge in [-0.3, -0.25) is 9.59 Å². The van der Waals surface area contributed by atoms with Crippen LogP contribution in [0.15, 0.2) is 105 Å². The Morgan fingerprint density at radius 2 is 1.89 bits per heavy atom. The highest BCUT2D eigenvalue weighted by Gasteiger charge is 2.17. The van der Waals surface area contributed by atoms with Gasteiger partial charge >= 0.3 is 0 Å². The number of benzene rings is 4. The lowest BCUT2D eigenvalue weighted by Gasteiger charge is -2.13. The summed E-state index contributed by atoms with van der Waals surface area (Å²) in [5.41, 5.74) is 1.62. The van der Waals surface area contributed by atoms with Crippen LogP contribution < -0.4 is 20.3 Å². The Balaban J connectivity index is 1.30. The number of anilines is 1. The largest absolute Gasteiger partial charge is 0.490 e. The first-order valence-electron chi connectivity index (χ1n) is 13.6. The number of halogens is 2. The number of aromatic nitrogens is 2. The Labute approximate surface area is 255 Å². The number of hydrogen-bond acceptors (Lipinski definition) is 7. The smallest absolute Gasteiger partial charge is 0.282 e. The van der Waals surface area contributed by atoms with Gasteiger partial charge in [0, 0.05) is 16.1 Å². The molecule has 44 heavy (non-hydrogen) atoms. The summed E-state index contributed by atoms with van der Waals surface area (Å²) < 4.78 is 32.1. The molecule has 0 radical (unpaired) electrons. The zero-order valence-electron chi connectivity index (χ0n) is 23.3. The summed E-state index contributed by atoms with van der Waals surface area (Å²) in [7, 11) is 0. The topological polar surface area (TPSA) is 108 Å². The number of para-hydroxylation sites is 1. The minimum Gasteiger partial charge on any atom is -0.490 e. The highest BCUT2D eigenvalue weighted by molar-refractivity contribution is 6.31. The van der Waals surface area contributed by atoms with Crippen LogP contribution in [0.3, 0.4) is 0 Å². The van der Waals surface area contributed by atoms with Gasteiger partial charge in [-0.05, 0) is 85.3 Å². The fraction of sp³-hybridized carbons (Fsp3) is 0.0909. The highest BCUT2D eigenvalue weighted by Crippen LogP contribution is 2.30. The van der Waals surface area contributed by atoms with Crippen molar-refractivity contribution in [2.45, 2.75) is 6.92 Å². The molecule has 1 N–H and O–H groups in total. The number of ether oxygens (including phenoxy) is 2. The van der Waals surface area contributed by atoms with Gasteiger partial charge in [-0.25, -0.2) is 9.37 Å². The van der Waals surface area contributed by atoms with Crippen LogP contribution in [-0.2, 0) is 4.79 Å². The molecule has 0 unspecified atom stereocenters. The molecule has 0 fully saturated rings. The zero-order chi connectivity index (χ0) is 30.6. The zero-order valence-corrected chi connectivity index (χ0v) is 24.0. The molecule has 6 rings (SSSR count). The van der Waals surface area contributed by atoms with E-state index in [1.54, 1.807) is 72.8 Å². The molecule has 2 heterocycles. The number of furan rings is 1. The van der Waals surface area contributed by atoms with Crippen LogP contribution in [0.2, 0.25) is 5.02 Å². The first-order chi connectivity index (χ1) is 21.4. The summed E-state index contributed by atoms with van der Waals surface area (Å²) >= 11 is 6.16. The third-order valence-electron chi connectivity index (χ3n) is 6.51. The Morgan fingerprint density at radius 3 is 2.73 bits per heavy atom. The Kier molecular flexibility index (Phi) is 8.07. The van der Waals surface area contributed by atoms with E-state index in [0.29, 0.717) is 56.6 Å². The van der Waals surface area contributed by atoms with Crippen molar-refractivity contribution in [3.8, 4) is 23.1 Å². The number of carbonyl (C=O) groups excluding carboxylic acids is 1. The monoisotopic (exact) mass is 610 g/mol. The lowest BCUT2D eigenvalue weighted by atomic mass is 10.2. The molecule has 0 atom stereocenters. The molecule has 0 saturated carbocycles. The van der Waals surface area contributed by atoms with Crippen molar-refractivity contribution in [1.82, 2.24) is 9.66 Å². The second-order valence-corrected chi connectivity index (χ2v) is 10.0. The Bertz CT molecular complexity index is 2110. The average Bonchev–Trinajstić information content (AvgIpc) is 3.43. The number of fused-ring (bicyclic) bond motifs is 2. The lowest BCUT2D eigenvalue weighted by molar-refractivity contribution is -0.118. The Hall–Kier alpha value is -5.48. The van der Waals surface area contributed by atoms with Gasteiger partial charge in [0.2, 0.25) is 5.82 Å². The van der Waals surface area contributed by atoms with Crippen molar-refractivity contribution < 1.29 is 23.1 Å². The number of nitrogens with one attached hydrogen (secondary N) is 1. The molecule has 9 nitrogen and oxygen atoms in total. The van der Waals surface area contributed by atoms with Gasteiger partial charge in [-0.2, -0.15) is 9.78 Å². The van der Waals surface area contributed by atoms with Crippen molar-refractivity contribution >= 4 is 51.3 Å². The first-order valence-corrected chi connectivity index (χ1v) is 14.0. The molecule has 11 heteroatoms. The SMILES string of the molecule is CCOc1cc(C=Nn2c(-c3cc4cc(Cl)ccc4o3)nc3ccccc3c2=O)ccc1OCC(=O)Nc1cccc(F)c1. The maximum atomic E-state index is 13.6. The maximum absolute atomic E-state index is 13.6. The molecular formula is C33H24ClFN4O5. The third kappa shape index (κ3) is 6.16. The standard InChI is InChI=1S/C33H24ClFN4O5/c1-2-42-29-14-20(10-12-28(29)43-19-31(40)37-24-7-5-6-23(35)17-24)18-36-39-32(38-26-9-4-3-8-25(26)33(39)41)30-16-21-15-22(34)11-13-27(21)44-30/h3-18H,2,19H2,1H3,(H,37,40). The summed E-state index contributed by atoms with van der Waals surface area (Å²) in [6.07, 6.45) is 1.49. The van der Waals surface area contributed by atoms with Crippen molar-refractivity contribution in [3.05, 3.63) is 118 Å². The van der Waals surface area contributed by atoms with Crippen molar-refractivity contribution in [3.63, 3.8) is 0 Å². The van der Waals surface area contributed by atoms with Crippen LogP contribution in [0.4, 0.5) is 10.1 Å². The van der Waals surface area contributed by atoms with Crippen molar-refractivity contribution in [2.24, 2.45) is 5.10 Å². The van der Waals surface area contributed by atoms with Gasteiger partial charge in [0.1, 0.15) is 11.4 Å². The molecule has 4 aromatic carbocycles. The van der Waals surface area contributed by atoms with Gasteiger partial charge in [-0.1, -0.05) is 29.8 Å². The molecule has 220 valence electrons. The van der Waals surface area contributed by atoms with Gasteiger partial charge in [-0.15, -0.1) is 0 Å². The predicted molar refractivity (Wildman–Crippen MR) is 167 cm³/mol. The Morgan fingerprint density at radius 1 is 1.02 bits per heavy atom. The summed E-state index contributed by atoms with van der Waals surface area (Å²) in [5, 5.41) is 8.77. The molecule has 0 bridgehead atoms. The normalized spacial score (nSPS) is 11.3. The van der Waals surface area contributed by atoms with Gasteiger partial charge in [0.25, 0.3) is 11.5 Å².